The van der Waals surface area contributed by atoms with Gasteiger partial charge in [0.2, 0.25) is 5.91 Å². The van der Waals surface area contributed by atoms with E-state index in [-0.39, 0.29) is 36.4 Å². The Bertz CT molecular complexity index is 625. The monoisotopic (exact) mass is 487 g/mol. The van der Waals surface area contributed by atoms with Crippen LogP contribution in [0, 0.1) is 0 Å². The number of hydrogen-bond donors (Lipinski definition) is 1. The van der Waals surface area contributed by atoms with Crippen LogP contribution in [0.2, 0.25) is 0 Å². The zero-order valence-corrected chi connectivity index (χ0v) is 18.7. The largest absolute Gasteiger partial charge is 0.497 e. The molecule has 0 radical (unpaired) electrons. The molecule has 0 aromatic heterocycles. The Kier molecular flexibility index (Phi) is 9.98. The van der Waals surface area contributed by atoms with Gasteiger partial charge in [-0.15, -0.1) is 30.6 Å². The van der Waals surface area contributed by atoms with Crippen molar-refractivity contribution in [3.63, 3.8) is 0 Å². The van der Waals surface area contributed by atoms with Crippen LogP contribution in [-0.4, -0.2) is 82.1 Å². The SMILES string of the molecule is C=CCNC(=NCC(=O)N(C)C)N1CCN(c2ccc(OC)cc2)CC1.I. The first-order chi connectivity index (χ1) is 12.5. The molecule has 1 amide bonds. The summed E-state index contributed by atoms with van der Waals surface area (Å²) in [5.74, 6) is 1.61. The number of guanidine groups is 1. The van der Waals surface area contributed by atoms with Crippen molar-refractivity contribution in [1.29, 1.82) is 0 Å². The maximum atomic E-state index is 11.8. The Morgan fingerprint density at radius 2 is 1.89 bits per heavy atom. The van der Waals surface area contributed by atoms with Crippen molar-refractivity contribution in [3.8, 4) is 5.75 Å². The van der Waals surface area contributed by atoms with Crippen LogP contribution < -0.4 is 15.0 Å². The summed E-state index contributed by atoms with van der Waals surface area (Å²) in [7, 11) is 5.15. The first kappa shape index (κ1) is 23.1. The van der Waals surface area contributed by atoms with Crippen LogP contribution in [0.4, 0.5) is 5.69 Å². The Morgan fingerprint density at radius 3 is 2.41 bits per heavy atom. The third-order valence-corrected chi connectivity index (χ3v) is 4.28. The van der Waals surface area contributed by atoms with Crippen LogP contribution in [0.5, 0.6) is 5.75 Å². The maximum Gasteiger partial charge on any atom is 0.243 e. The standard InChI is InChI=1S/C19H29N5O2.HI/c1-5-10-20-19(21-15-18(25)22(2)3)24-13-11-23(12-14-24)16-6-8-17(26-4)9-7-16;/h5-9H,1,10-15H2,2-4H3,(H,20,21);1H. The summed E-state index contributed by atoms with van der Waals surface area (Å²) in [6.07, 6.45) is 1.79. The van der Waals surface area contributed by atoms with Crippen molar-refractivity contribution in [1.82, 2.24) is 15.1 Å². The second-order valence-corrected chi connectivity index (χ2v) is 6.27. The number of aliphatic imine (C=N–C) groups is 1. The minimum atomic E-state index is -0.0141. The van der Waals surface area contributed by atoms with E-state index in [9.17, 15) is 4.79 Å². The minimum absolute atomic E-state index is 0. The topological polar surface area (TPSA) is 60.4 Å². The lowest BCUT2D eigenvalue weighted by Gasteiger charge is -2.37. The number of amides is 1. The van der Waals surface area contributed by atoms with Crippen LogP contribution in [0.3, 0.4) is 0 Å². The highest BCUT2D eigenvalue weighted by Gasteiger charge is 2.20. The Labute approximate surface area is 179 Å². The van der Waals surface area contributed by atoms with Gasteiger partial charge in [-0.25, -0.2) is 4.99 Å². The average molecular weight is 487 g/mol. The van der Waals surface area contributed by atoms with E-state index >= 15 is 0 Å². The first-order valence-electron chi connectivity index (χ1n) is 8.78. The van der Waals surface area contributed by atoms with Gasteiger partial charge >= 0.3 is 0 Å². The third-order valence-electron chi connectivity index (χ3n) is 4.28. The number of anilines is 1. The fourth-order valence-corrected chi connectivity index (χ4v) is 2.68. The quantitative estimate of drug-likeness (QED) is 0.286. The normalized spacial score (nSPS) is 14.3. The number of rotatable bonds is 6. The molecule has 1 aliphatic rings. The molecular formula is C19H30IN5O2. The number of carbonyl (C=O) groups excluding carboxylic acids is 1. The number of methoxy groups -OCH3 is 1. The Hall–Kier alpha value is -1.97. The van der Waals surface area contributed by atoms with Crippen LogP contribution in [0.1, 0.15) is 0 Å². The zero-order valence-electron chi connectivity index (χ0n) is 16.4. The van der Waals surface area contributed by atoms with Crippen molar-refractivity contribution >= 4 is 41.5 Å². The van der Waals surface area contributed by atoms with E-state index in [1.54, 1.807) is 32.2 Å². The molecule has 1 aromatic rings. The van der Waals surface area contributed by atoms with Gasteiger partial charge < -0.3 is 24.8 Å². The van der Waals surface area contributed by atoms with E-state index in [0.29, 0.717) is 6.54 Å². The molecule has 1 N–H and O–H groups in total. The molecule has 150 valence electrons. The van der Waals surface area contributed by atoms with Crippen LogP contribution >= 0.6 is 24.0 Å². The fraction of sp³-hybridized carbons (Fsp3) is 0.474. The number of piperazine rings is 1. The molecule has 2 rings (SSSR count). The van der Waals surface area contributed by atoms with E-state index in [4.69, 9.17) is 4.74 Å². The lowest BCUT2D eigenvalue weighted by atomic mass is 10.2. The number of carbonyl (C=O) groups is 1. The van der Waals surface area contributed by atoms with Gasteiger partial charge in [0.25, 0.3) is 0 Å². The molecule has 0 spiro atoms. The van der Waals surface area contributed by atoms with E-state index in [2.05, 4.69) is 38.8 Å². The van der Waals surface area contributed by atoms with Crippen molar-refractivity contribution in [3.05, 3.63) is 36.9 Å². The molecule has 0 unspecified atom stereocenters. The molecule has 1 heterocycles. The number of ether oxygens (including phenoxy) is 1. The lowest BCUT2D eigenvalue weighted by Crippen LogP contribution is -2.52. The van der Waals surface area contributed by atoms with Crippen molar-refractivity contribution in [2.45, 2.75) is 0 Å². The molecule has 1 fully saturated rings. The number of benzene rings is 1. The molecule has 0 bridgehead atoms. The van der Waals surface area contributed by atoms with Crippen LogP contribution in [-0.2, 0) is 4.79 Å². The predicted molar refractivity (Wildman–Crippen MR) is 121 cm³/mol. The van der Waals surface area contributed by atoms with Crippen molar-refractivity contribution in [2.24, 2.45) is 4.99 Å². The second-order valence-electron chi connectivity index (χ2n) is 6.27. The fourth-order valence-electron chi connectivity index (χ4n) is 2.68. The molecule has 27 heavy (non-hydrogen) atoms. The second kappa shape index (κ2) is 11.7. The van der Waals surface area contributed by atoms with Gasteiger partial charge in [0, 0.05) is 52.5 Å². The van der Waals surface area contributed by atoms with Crippen molar-refractivity contribution in [2.75, 3.05) is 65.4 Å². The van der Waals surface area contributed by atoms with Gasteiger partial charge in [0.1, 0.15) is 12.3 Å². The van der Waals surface area contributed by atoms with Crippen LogP contribution in [0.25, 0.3) is 0 Å². The molecule has 7 nitrogen and oxygen atoms in total. The highest BCUT2D eigenvalue weighted by molar-refractivity contribution is 14.0. The summed E-state index contributed by atoms with van der Waals surface area (Å²) in [6, 6.07) is 8.12. The summed E-state index contributed by atoms with van der Waals surface area (Å²) >= 11 is 0. The highest BCUT2D eigenvalue weighted by Crippen LogP contribution is 2.20. The zero-order chi connectivity index (χ0) is 18.9. The summed E-state index contributed by atoms with van der Waals surface area (Å²) in [6.45, 7) is 7.96. The lowest BCUT2D eigenvalue weighted by molar-refractivity contribution is -0.127. The molecule has 8 heteroatoms. The highest BCUT2D eigenvalue weighted by atomic mass is 127. The van der Waals surface area contributed by atoms with Crippen LogP contribution in [0.15, 0.2) is 41.9 Å². The smallest absolute Gasteiger partial charge is 0.243 e. The maximum absolute atomic E-state index is 11.8. The number of hydrogen-bond acceptors (Lipinski definition) is 4. The number of nitrogens with one attached hydrogen (secondary N) is 1. The van der Waals surface area contributed by atoms with Gasteiger partial charge in [-0.2, -0.15) is 0 Å². The summed E-state index contributed by atoms with van der Waals surface area (Å²) < 4.78 is 5.22. The summed E-state index contributed by atoms with van der Waals surface area (Å²) in [4.78, 5) is 22.4. The van der Waals surface area contributed by atoms with Gasteiger partial charge in [-0.05, 0) is 24.3 Å². The van der Waals surface area contributed by atoms with Gasteiger partial charge in [-0.1, -0.05) is 6.08 Å². The summed E-state index contributed by atoms with van der Waals surface area (Å²) in [5.41, 5.74) is 1.19. The Morgan fingerprint density at radius 1 is 1.26 bits per heavy atom. The molecule has 0 saturated carbocycles. The molecular weight excluding hydrogens is 457 g/mol. The van der Waals surface area contributed by atoms with E-state index in [0.717, 1.165) is 37.9 Å². The molecule has 0 aliphatic carbocycles. The molecule has 1 aromatic carbocycles. The summed E-state index contributed by atoms with van der Waals surface area (Å²) in [5, 5.41) is 3.26. The Balaban J connectivity index is 0.00000364. The van der Waals surface area contributed by atoms with Crippen molar-refractivity contribution < 1.29 is 9.53 Å². The molecule has 1 aliphatic heterocycles. The molecule has 1 saturated heterocycles. The number of likely N-dealkylation sites (N-methyl/N-ethyl adjacent to an activating group) is 1. The van der Waals surface area contributed by atoms with E-state index in [1.807, 2.05) is 12.1 Å². The van der Waals surface area contributed by atoms with Gasteiger partial charge in [0.15, 0.2) is 5.96 Å². The number of nitrogens with zero attached hydrogens (tertiary/aromatic N) is 4. The predicted octanol–water partition coefficient (Wildman–Crippen LogP) is 1.65. The minimum Gasteiger partial charge on any atom is -0.497 e. The van der Waals surface area contributed by atoms with E-state index < -0.39 is 0 Å². The number of halogens is 1. The molecule has 0 atom stereocenters. The van der Waals surface area contributed by atoms with E-state index in [1.165, 1.54) is 5.69 Å². The van der Waals surface area contributed by atoms with Gasteiger partial charge in [-0.3, -0.25) is 4.79 Å². The average Bonchev–Trinajstić information content (AvgIpc) is 2.68. The third kappa shape index (κ3) is 6.93. The first-order valence-corrected chi connectivity index (χ1v) is 8.78. The van der Waals surface area contributed by atoms with Gasteiger partial charge in [0.05, 0.1) is 7.11 Å².